The number of nitrogens with zero attached hydrogens (tertiary/aromatic N) is 1. The average Bonchev–Trinajstić information content (AvgIpc) is 2.38. The molecule has 0 unspecified atom stereocenters. The standard InChI is InChI=1S/C14H21FN2O.ClH/c1-11-2-3-12(13(15)10-11)14(4-9-18)17-7-5-16-6-8-17;/h2-3,10,14,16,18H,4-9H2,1H3;1H/t14-;/m1./s1. The molecule has 1 aromatic rings. The van der Waals surface area contributed by atoms with E-state index in [2.05, 4.69) is 10.2 Å². The maximum atomic E-state index is 14.1. The Labute approximate surface area is 120 Å². The van der Waals surface area contributed by atoms with Crippen molar-refractivity contribution in [2.75, 3.05) is 32.8 Å². The second-order valence-electron chi connectivity index (χ2n) is 4.84. The number of aryl methyl sites for hydroxylation is 1. The van der Waals surface area contributed by atoms with E-state index >= 15 is 0 Å². The Balaban J connectivity index is 0.00000180. The van der Waals surface area contributed by atoms with Crippen LogP contribution in [0.2, 0.25) is 0 Å². The van der Waals surface area contributed by atoms with Crippen molar-refractivity contribution in [2.24, 2.45) is 0 Å². The molecule has 0 bridgehead atoms. The van der Waals surface area contributed by atoms with Crippen LogP contribution in [0.25, 0.3) is 0 Å². The third-order valence-corrected chi connectivity index (χ3v) is 3.51. The molecule has 108 valence electrons. The molecule has 1 aliphatic heterocycles. The predicted octanol–water partition coefficient (Wildman–Crippen LogP) is 1.88. The van der Waals surface area contributed by atoms with Crippen LogP contribution in [0, 0.1) is 12.7 Å². The van der Waals surface area contributed by atoms with Gasteiger partial charge in [-0.25, -0.2) is 4.39 Å². The lowest BCUT2D eigenvalue weighted by molar-refractivity contribution is 0.138. The average molecular weight is 289 g/mol. The summed E-state index contributed by atoms with van der Waals surface area (Å²) in [6.45, 7) is 5.63. The molecule has 2 rings (SSSR count). The normalized spacial score (nSPS) is 17.8. The Morgan fingerprint density at radius 1 is 1.37 bits per heavy atom. The van der Waals surface area contributed by atoms with Gasteiger partial charge >= 0.3 is 0 Å². The molecule has 1 aromatic carbocycles. The summed E-state index contributed by atoms with van der Waals surface area (Å²) in [5, 5.41) is 12.5. The fourth-order valence-corrected chi connectivity index (χ4v) is 2.55. The van der Waals surface area contributed by atoms with Gasteiger partial charge in [-0.05, 0) is 25.0 Å². The maximum absolute atomic E-state index is 14.1. The van der Waals surface area contributed by atoms with Crippen LogP contribution in [0.1, 0.15) is 23.6 Å². The molecule has 1 saturated heterocycles. The number of halogens is 2. The van der Waals surface area contributed by atoms with Crippen molar-refractivity contribution in [3.63, 3.8) is 0 Å². The Bertz CT molecular complexity index is 397. The monoisotopic (exact) mass is 288 g/mol. The third kappa shape index (κ3) is 4.14. The minimum Gasteiger partial charge on any atom is -0.396 e. The molecule has 3 nitrogen and oxygen atoms in total. The van der Waals surface area contributed by atoms with Gasteiger partial charge in [-0.15, -0.1) is 12.4 Å². The first kappa shape index (κ1) is 16.4. The zero-order chi connectivity index (χ0) is 13.0. The molecule has 0 aromatic heterocycles. The predicted molar refractivity (Wildman–Crippen MR) is 77.3 cm³/mol. The minimum absolute atomic E-state index is 0. The second kappa shape index (κ2) is 7.80. The zero-order valence-electron chi connectivity index (χ0n) is 11.2. The van der Waals surface area contributed by atoms with E-state index in [0.717, 1.165) is 31.7 Å². The molecule has 1 fully saturated rings. The molecule has 0 amide bonds. The number of nitrogens with one attached hydrogen (secondary N) is 1. The summed E-state index contributed by atoms with van der Waals surface area (Å²) in [5.41, 5.74) is 1.64. The van der Waals surface area contributed by atoms with E-state index in [4.69, 9.17) is 0 Å². The highest BCUT2D eigenvalue weighted by atomic mass is 35.5. The first-order chi connectivity index (χ1) is 8.72. The third-order valence-electron chi connectivity index (χ3n) is 3.51. The van der Waals surface area contributed by atoms with Crippen LogP contribution in [0.5, 0.6) is 0 Å². The number of aliphatic hydroxyl groups is 1. The van der Waals surface area contributed by atoms with E-state index in [0.29, 0.717) is 12.0 Å². The van der Waals surface area contributed by atoms with E-state index < -0.39 is 0 Å². The summed E-state index contributed by atoms with van der Waals surface area (Å²) in [7, 11) is 0. The van der Waals surface area contributed by atoms with Gasteiger partial charge in [0.05, 0.1) is 0 Å². The Morgan fingerprint density at radius 3 is 2.63 bits per heavy atom. The molecule has 1 aliphatic rings. The summed E-state index contributed by atoms with van der Waals surface area (Å²) in [5.74, 6) is -0.160. The molecule has 19 heavy (non-hydrogen) atoms. The van der Waals surface area contributed by atoms with Gasteiger partial charge in [-0.3, -0.25) is 4.90 Å². The first-order valence-corrected chi connectivity index (χ1v) is 6.54. The van der Waals surface area contributed by atoms with Crippen LogP contribution in [0.3, 0.4) is 0 Å². The highest BCUT2D eigenvalue weighted by Crippen LogP contribution is 2.27. The number of hydrogen-bond donors (Lipinski definition) is 2. The van der Waals surface area contributed by atoms with Crippen molar-refractivity contribution in [3.8, 4) is 0 Å². The van der Waals surface area contributed by atoms with Gasteiger partial charge in [-0.1, -0.05) is 12.1 Å². The zero-order valence-corrected chi connectivity index (χ0v) is 12.0. The Morgan fingerprint density at radius 2 is 2.05 bits per heavy atom. The summed E-state index contributed by atoms with van der Waals surface area (Å²) in [6, 6.07) is 5.35. The van der Waals surface area contributed by atoms with Crippen molar-refractivity contribution < 1.29 is 9.50 Å². The van der Waals surface area contributed by atoms with Gasteiger partial charge in [0.15, 0.2) is 0 Å². The lowest BCUT2D eigenvalue weighted by Crippen LogP contribution is -2.45. The van der Waals surface area contributed by atoms with Crippen LogP contribution in [0.4, 0.5) is 4.39 Å². The van der Waals surface area contributed by atoms with Gasteiger partial charge < -0.3 is 10.4 Å². The molecule has 1 heterocycles. The number of rotatable bonds is 4. The van der Waals surface area contributed by atoms with Crippen molar-refractivity contribution >= 4 is 12.4 Å². The highest BCUT2D eigenvalue weighted by molar-refractivity contribution is 5.85. The van der Waals surface area contributed by atoms with E-state index in [-0.39, 0.29) is 30.9 Å². The van der Waals surface area contributed by atoms with Crippen molar-refractivity contribution in [1.82, 2.24) is 10.2 Å². The van der Waals surface area contributed by atoms with Gasteiger partial charge in [0.2, 0.25) is 0 Å². The topological polar surface area (TPSA) is 35.5 Å². The quantitative estimate of drug-likeness (QED) is 0.888. The lowest BCUT2D eigenvalue weighted by atomic mass is 9.99. The number of benzene rings is 1. The maximum Gasteiger partial charge on any atom is 0.128 e. The largest absolute Gasteiger partial charge is 0.396 e. The molecule has 0 radical (unpaired) electrons. The molecule has 0 saturated carbocycles. The number of piperazine rings is 1. The molecule has 0 aliphatic carbocycles. The molecule has 0 spiro atoms. The van der Waals surface area contributed by atoms with Gasteiger partial charge in [0.1, 0.15) is 5.82 Å². The molecule has 1 atom stereocenters. The second-order valence-corrected chi connectivity index (χ2v) is 4.84. The molecule has 5 heteroatoms. The molecular formula is C14H22ClFN2O. The summed E-state index contributed by atoms with van der Waals surface area (Å²) in [6.07, 6.45) is 0.583. The van der Waals surface area contributed by atoms with E-state index in [9.17, 15) is 9.50 Å². The van der Waals surface area contributed by atoms with E-state index in [1.54, 1.807) is 6.07 Å². The fourth-order valence-electron chi connectivity index (χ4n) is 2.55. The number of aliphatic hydroxyl groups excluding tert-OH is 1. The molecular weight excluding hydrogens is 267 g/mol. The number of hydrogen-bond acceptors (Lipinski definition) is 3. The van der Waals surface area contributed by atoms with Crippen LogP contribution in [-0.4, -0.2) is 42.8 Å². The summed E-state index contributed by atoms with van der Waals surface area (Å²) < 4.78 is 14.1. The van der Waals surface area contributed by atoms with Crippen molar-refractivity contribution in [2.45, 2.75) is 19.4 Å². The van der Waals surface area contributed by atoms with Crippen LogP contribution in [-0.2, 0) is 0 Å². The fraction of sp³-hybridized carbons (Fsp3) is 0.571. The Kier molecular flexibility index (Phi) is 6.72. The highest BCUT2D eigenvalue weighted by Gasteiger charge is 2.23. The van der Waals surface area contributed by atoms with Crippen molar-refractivity contribution in [1.29, 1.82) is 0 Å². The van der Waals surface area contributed by atoms with Crippen molar-refractivity contribution in [3.05, 3.63) is 35.1 Å². The van der Waals surface area contributed by atoms with Gasteiger partial charge in [-0.2, -0.15) is 0 Å². The van der Waals surface area contributed by atoms with Crippen LogP contribution < -0.4 is 5.32 Å². The van der Waals surface area contributed by atoms with Gasteiger partial charge in [0.25, 0.3) is 0 Å². The Hall–Kier alpha value is -0.680. The summed E-state index contributed by atoms with van der Waals surface area (Å²) in [4.78, 5) is 2.25. The summed E-state index contributed by atoms with van der Waals surface area (Å²) >= 11 is 0. The van der Waals surface area contributed by atoms with Gasteiger partial charge in [0, 0.05) is 44.4 Å². The lowest BCUT2D eigenvalue weighted by Gasteiger charge is -2.35. The molecule has 2 N–H and O–H groups in total. The van der Waals surface area contributed by atoms with E-state index in [1.165, 1.54) is 0 Å². The van der Waals surface area contributed by atoms with E-state index in [1.807, 2.05) is 19.1 Å². The smallest absolute Gasteiger partial charge is 0.128 e. The van der Waals surface area contributed by atoms with Crippen LogP contribution in [0.15, 0.2) is 18.2 Å². The first-order valence-electron chi connectivity index (χ1n) is 6.54. The van der Waals surface area contributed by atoms with Crippen LogP contribution >= 0.6 is 12.4 Å². The SMILES string of the molecule is Cc1ccc([C@@H](CCO)N2CCNCC2)c(F)c1.Cl. The minimum atomic E-state index is -0.160.